The molecular formula is C20H24N4S2. The van der Waals surface area contributed by atoms with Crippen LogP contribution in [0, 0.1) is 18.6 Å². The van der Waals surface area contributed by atoms with E-state index >= 15 is 0 Å². The zero-order valence-electron chi connectivity index (χ0n) is 15.6. The van der Waals surface area contributed by atoms with E-state index in [4.69, 9.17) is 12.2 Å². The summed E-state index contributed by atoms with van der Waals surface area (Å²) >= 11 is 7.41. The molecule has 0 bridgehead atoms. The van der Waals surface area contributed by atoms with Crippen molar-refractivity contribution in [3.63, 3.8) is 0 Å². The number of hydrogen-bond donors (Lipinski definition) is 0. The van der Waals surface area contributed by atoms with Crippen molar-refractivity contribution in [2.24, 2.45) is 0 Å². The normalized spacial score (nSPS) is 11.3. The molecule has 0 radical (unpaired) electrons. The van der Waals surface area contributed by atoms with Crippen LogP contribution in [-0.2, 0) is 13.2 Å². The molecule has 26 heavy (non-hydrogen) atoms. The molecule has 0 N–H and O–H groups in total. The maximum Gasteiger partial charge on any atom is 0.203 e. The van der Waals surface area contributed by atoms with Gasteiger partial charge >= 0.3 is 0 Å². The van der Waals surface area contributed by atoms with Gasteiger partial charge in [-0.1, -0.05) is 29.8 Å². The number of aryl methyl sites for hydroxylation is 2. The molecule has 3 rings (SSSR count). The van der Waals surface area contributed by atoms with E-state index in [2.05, 4.69) is 79.6 Å². The molecule has 0 fully saturated rings. The van der Waals surface area contributed by atoms with Crippen molar-refractivity contribution >= 4 is 24.0 Å². The topological polar surface area (TPSA) is 26.0 Å². The third kappa shape index (κ3) is 4.26. The summed E-state index contributed by atoms with van der Waals surface area (Å²) in [6.07, 6.45) is 3.90. The molecule has 0 unspecified atom stereocenters. The molecule has 1 aromatic heterocycles. The average molecular weight is 385 g/mol. The molecule has 0 saturated heterocycles. The summed E-state index contributed by atoms with van der Waals surface area (Å²) in [5.74, 6) is 0. The van der Waals surface area contributed by atoms with Crippen molar-refractivity contribution in [3.05, 3.63) is 70.3 Å². The van der Waals surface area contributed by atoms with E-state index in [0.717, 1.165) is 12.2 Å². The predicted octanol–water partition coefficient (Wildman–Crippen LogP) is 4.83. The lowest BCUT2D eigenvalue weighted by molar-refractivity contribution is 0.244. The Morgan fingerprint density at radius 1 is 1.12 bits per heavy atom. The number of aromatic nitrogens is 3. The Morgan fingerprint density at radius 2 is 1.85 bits per heavy atom. The lowest BCUT2D eigenvalue weighted by Crippen LogP contribution is -2.22. The Hall–Kier alpha value is -1.89. The van der Waals surface area contributed by atoms with Crippen LogP contribution in [0.2, 0.25) is 0 Å². The van der Waals surface area contributed by atoms with Gasteiger partial charge in [-0.2, -0.15) is 5.10 Å². The van der Waals surface area contributed by atoms with Gasteiger partial charge in [0.15, 0.2) is 0 Å². The number of benzene rings is 2. The van der Waals surface area contributed by atoms with Crippen LogP contribution in [0.4, 0.5) is 0 Å². The minimum Gasteiger partial charge on any atom is -0.283 e. The zero-order chi connectivity index (χ0) is 18.7. The smallest absolute Gasteiger partial charge is 0.203 e. The average Bonchev–Trinajstić information content (AvgIpc) is 2.96. The van der Waals surface area contributed by atoms with Crippen molar-refractivity contribution in [1.29, 1.82) is 0 Å². The summed E-state index contributed by atoms with van der Waals surface area (Å²) in [6, 6.07) is 15.0. The van der Waals surface area contributed by atoms with Gasteiger partial charge in [0.1, 0.15) is 6.33 Å². The van der Waals surface area contributed by atoms with Crippen LogP contribution in [0.25, 0.3) is 5.69 Å². The third-order valence-electron chi connectivity index (χ3n) is 4.33. The third-order valence-corrected chi connectivity index (χ3v) is 5.48. The highest BCUT2D eigenvalue weighted by molar-refractivity contribution is 7.98. The van der Waals surface area contributed by atoms with Crippen LogP contribution in [0.1, 0.15) is 16.7 Å². The van der Waals surface area contributed by atoms with Crippen molar-refractivity contribution in [2.75, 3.05) is 13.3 Å². The first kappa shape index (κ1) is 18.9. The summed E-state index contributed by atoms with van der Waals surface area (Å²) in [5, 5.41) is 4.50. The summed E-state index contributed by atoms with van der Waals surface area (Å²) in [4.78, 5) is 3.49. The SMILES string of the molecule is CSc1ccc(CN(C)Cn2ncn(-c3ccc(C)cc3C)c2=S)cc1. The van der Waals surface area contributed by atoms with E-state index in [9.17, 15) is 0 Å². The van der Waals surface area contributed by atoms with Crippen molar-refractivity contribution in [3.8, 4) is 5.69 Å². The van der Waals surface area contributed by atoms with Crippen molar-refractivity contribution in [1.82, 2.24) is 19.2 Å². The van der Waals surface area contributed by atoms with Gasteiger partial charge in [0.05, 0.1) is 12.4 Å². The molecule has 2 aromatic carbocycles. The highest BCUT2D eigenvalue weighted by Crippen LogP contribution is 2.17. The van der Waals surface area contributed by atoms with Crippen LogP contribution in [0.15, 0.2) is 53.7 Å². The second-order valence-electron chi connectivity index (χ2n) is 6.58. The molecule has 3 aromatic rings. The summed E-state index contributed by atoms with van der Waals surface area (Å²) in [6.45, 7) is 5.71. The predicted molar refractivity (Wildman–Crippen MR) is 112 cm³/mol. The van der Waals surface area contributed by atoms with Gasteiger partial charge in [0, 0.05) is 11.4 Å². The quantitative estimate of drug-likeness (QED) is 0.449. The maximum atomic E-state index is 5.65. The van der Waals surface area contributed by atoms with Crippen LogP contribution in [-0.4, -0.2) is 32.6 Å². The van der Waals surface area contributed by atoms with Crippen LogP contribution >= 0.6 is 24.0 Å². The van der Waals surface area contributed by atoms with Crippen molar-refractivity contribution in [2.45, 2.75) is 32.0 Å². The van der Waals surface area contributed by atoms with Gasteiger partial charge in [-0.25, -0.2) is 4.68 Å². The lowest BCUT2D eigenvalue weighted by atomic mass is 10.1. The molecule has 6 heteroatoms. The molecule has 136 valence electrons. The van der Waals surface area contributed by atoms with Gasteiger partial charge in [-0.15, -0.1) is 11.8 Å². The van der Waals surface area contributed by atoms with E-state index in [1.54, 1.807) is 18.1 Å². The molecule has 0 atom stereocenters. The Kier molecular flexibility index (Phi) is 5.96. The van der Waals surface area contributed by atoms with Crippen LogP contribution < -0.4 is 0 Å². The first-order chi connectivity index (χ1) is 12.5. The number of hydrogen-bond acceptors (Lipinski definition) is 4. The van der Waals surface area contributed by atoms with Gasteiger partial charge < -0.3 is 0 Å². The second-order valence-corrected chi connectivity index (χ2v) is 7.82. The van der Waals surface area contributed by atoms with Gasteiger partial charge in [-0.05, 0) is 68.7 Å². The molecular weight excluding hydrogens is 360 g/mol. The maximum absolute atomic E-state index is 5.65. The van der Waals surface area contributed by atoms with Crippen LogP contribution in [0.3, 0.4) is 0 Å². The highest BCUT2D eigenvalue weighted by Gasteiger charge is 2.09. The molecule has 0 aliphatic rings. The molecule has 1 heterocycles. The number of thioether (sulfide) groups is 1. The molecule has 0 aliphatic heterocycles. The number of rotatable bonds is 6. The Bertz CT molecular complexity index is 941. The Labute approximate surface area is 164 Å². The zero-order valence-corrected chi connectivity index (χ0v) is 17.3. The molecule has 0 amide bonds. The van der Waals surface area contributed by atoms with E-state index in [0.29, 0.717) is 11.4 Å². The monoisotopic (exact) mass is 384 g/mol. The first-order valence-corrected chi connectivity index (χ1v) is 10.1. The fourth-order valence-corrected chi connectivity index (χ4v) is 3.65. The standard InChI is InChI=1S/C20H24N4S2/c1-15-5-10-19(16(2)11-15)23-13-21-24(20(23)25)14-22(3)12-17-6-8-18(26-4)9-7-17/h5-11,13H,12,14H2,1-4H3. The summed E-state index contributed by atoms with van der Waals surface area (Å²) < 4.78 is 4.55. The fourth-order valence-electron chi connectivity index (χ4n) is 3.00. The van der Waals surface area contributed by atoms with Gasteiger partial charge in [0.2, 0.25) is 4.77 Å². The molecule has 4 nitrogen and oxygen atoms in total. The minimum absolute atomic E-state index is 0.654. The van der Waals surface area contributed by atoms with Crippen LogP contribution in [0.5, 0.6) is 0 Å². The van der Waals surface area contributed by atoms with E-state index in [1.807, 2.05) is 9.25 Å². The highest BCUT2D eigenvalue weighted by atomic mass is 32.2. The first-order valence-electron chi connectivity index (χ1n) is 8.51. The van der Waals surface area contributed by atoms with Crippen molar-refractivity contribution < 1.29 is 0 Å². The fraction of sp³-hybridized carbons (Fsp3) is 0.300. The summed E-state index contributed by atoms with van der Waals surface area (Å²) in [5.41, 5.74) is 4.81. The Morgan fingerprint density at radius 3 is 2.50 bits per heavy atom. The largest absolute Gasteiger partial charge is 0.283 e. The number of nitrogens with zero attached hydrogens (tertiary/aromatic N) is 4. The molecule has 0 spiro atoms. The minimum atomic E-state index is 0.654. The van der Waals surface area contributed by atoms with Gasteiger partial charge in [0.25, 0.3) is 0 Å². The van der Waals surface area contributed by atoms with Gasteiger partial charge in [-0.3, -0.25) is 9.47 Å². The lowest BCUT2D eigenvalue weighted by Gasteiger charge is -2.16. The van der Waals surface area contributed by atoms with E-state index in [-0.39, 0.29) is 0 Å². The Balaban J connectivity index is 1.74. The second kappa shape index (κ2) is 8.20. The molecule has 0 saturated carbocycles. The summed E-state index contributed by atoms with van der Waals surface area (Å²) in [7, 11) is 2.08. The molecule has 0 aliphatic carbocycles. The van der Waals surface area contributed by atoms with E-state index in [1.165, 1.54) is 21.6 Å². The van der Waals surface area contributed by atoms with E-state index < -0.39 is 0 Å².